The van der Waals surface area contributed by atoms with Gasteiger partial charge in [-0.05, 0) is 43.9 Å². The fraction of sp³-hybridized carbons (Fsp3) is 0.316. The topological polar surface area (TPSA) is 121 Å². The number of nitrogens with one attached hydrogen (secondary N) is 1. The summed E-state index contributed by atoms with van der Waals surface area (Å²) in [4.78, 5) is 30.3. The first-order valence-corrected chi connectivity index (χ1v) is 11.5. The van der Waals surface area contributed by atoms with E-state index in [0.717, 1.165) is 27.1 Å². The highest BCUT2D eigenvalue weighted by Crippen LogP contribution is 2.27. The number of amides is 1. The zero-order valence-electron chi connectivity index (χ0n) is 16.2. The van der Waals surface area contributed by atoms with Crippen LogP contribution in [0.25, 0.3) is 21.3 Å². The lowest BCUT2D eigenvalue weighted by molar-refractivity contribution is -0.131. The van der Waals surface area contributed by atoms with Crippen molar-refractivity contribution in [1.29, 1.82) is 0 Å². The monoisotopic (exact) mass is 436 g/mol. The van der Waals surface area contributed by atoms with Crippen molar-refractivity contribution in [3.8, 4) is 10.6 Å². The molecule has 3 rings (SSSR count). The molecule has 3 aromatic rings. The average Bonchev–Trinajstić information content (AvgIpc) is 3.11. The van der Waals surface area contributed by atoms with Crippen LogP contribution >= 0.6 is 11.3 Å². The Balaban J connectivity index is 1.94. The van der Waals surface area contributed by atoms with Gasteiger partial charge in [-0.1, -0.05) is 6.07 Å². The molecule has 0 spiro atoms. The van der Waals surface area contributed by atoms with Crippen LogP contribution in [0.3, 0.4) is 0 Å². The van der Waals surface area contributed by atoms with E-state index in [0.29, 0.717) is 5.39 Å². The van der Waals surface area contributed by atoms with Crippen LogP contribution in [0.4, 0.5) is 0 Å². The lowest BCUT2D eigenvalue weighted by Crippen LogP contribution is -2.49. The van der Waals surface area contributed by atoms with Crippen LogP contribution in [0.5, 0.6) is 0 Å². The third-order valence-electron chi connectivity index (χ3n) is 5.09. The predicted molar refractivity (Wildman–Crippen MR) is 114 cm³/mol. The Morgan fingerprint density at radius 1 is 1.34 bits per heavy atom. The van der Waals surface area contributed by atoms with E-state index in [1.807, 2.05) is 19.1 Å². The van der Waals surface area contributed by atoms with Crippen LogP contribution in [0.2, 0.25) is 0 Å². The summed E-state index contributed by atoms with van der Waals surface area (Å²) in [6.45, 7) is 3.27. The second-order valence-electron chi connectivity index (χ2n) is 7.10. The minimum absolute atomic E-state index is 0.0270. The number of sulfone groups is 1. The van der Waals surface area contributed by atoms with Crippen molar-refractivity contribution in [2.24, 2.45) is 0 Å². The number of aryl methyl sites for hydroxylation is 2. The number of pyridine rings is 1. The maximum absolute atomic E-state index is 12.8. The molecule has 0 saturated heterocycles. The Labute approximate surface area is 171 Å². The molecule has 0 aliphatic heterocycles. The lowest BCUT2D eigenvalue weighted by atomic mass is 10.1. The van der Waals surface area contributed by atoms with Crippen molar-refractivity contribution in [2.75, 3.05) is 6.26 Å². The van der Waals surface area contributed by atoms with E-state index in [9.17, 15) is 18.0 Å². The highest BCUT2D eigenvalue weighted by atomic mass is 32.2. The highest BCUT2D eigenvalue weighted by molar-refractivity contribution is 7.92. The number of nitrogens with zero attached hydrogens (tertiary/aromatic N) is 2. The number of hydrogen-bond acceptors (Lipinski definition) is 6. The molecule has 0 aliphatic carbocycles. The molecule has 0 saturated carbocycles. The van der Waals surface area contributed by atoms with Gasteiger partial charge in [0.25, 0.3) is 5.56 Å². The van der Waals surface area contributed by atoms with Crippen molar-refractivity contribution in [2.45, 2.75) is 31.6 Å². The van der Waals surface area contributed by atoms with Crippen LogP contribution in [0.1, 0.15) is 18.2 Å². The van der Waals surface area contributed by atoms with Crippen molar-refractivity contribution in [3.63, 3.8) is 0 Å². The highest BCUT2D eigenvalue weighted by Gasteiger charge is 2.44. The zero-order chi connectivity index (χ0) is 21.4. The van der Waals surface area contributed by atoms with E-state index in [1.165, 1.54) is 11.5 Å². The van der Waals surface area contributed by atoms with Crippen molar-refractivity contribution >= 4 is 37.9 Å². The van der Waals surface area contributed by atoms with Gasteiger partial charge in [0.1, 0.15) is 5.01 Å². The summed E-state index contributed by atoms with van der Waals surface area (Å²) in [6.07, 6.45) is 4.21. The van der Waals surface area contributed by atoms with E-state index in [2.05, 4.69) is 4.98 Å². The van der Waals surface area contributed by atoms with Crippen molar-refractivity contribution < 1.29 is 18.4 Å². The van der Waals surface area contributed by atoms with Crippen molar-refractivity contribution in [3.05, 3.63) is 51.9 Å². The number of thiazole rings is 1. The standard InChI is InChI=1S/C19H21N3O5S2/c1-12-11-20-16(28-12)14-4-5-15-13(10-14)6-8-22(17(15)23)9-7-19(2,18(24)21-25)29(3,26)27/h4-6,8,10-11,25H,7,9H2,1-3H3,(H,21,24)/p+1/t19-/m1/s1. The Kier molecular flexibility index (Phi) is 5.61. The Morgan fingerprint density at radius 3 is 2.66 bits per heavy atom. The summed E-state index contributed by atoms with van der Waals surface area (Å²) in [7, 11) is -3.79. The Bertz CT molecular complexity index is 1250. The first kappa shape index (κ1) is 21.2. The van der Waals surface area contributed by atoms with Gasteiger partial charge in [0, 0.05) is 41.0 Å². The molecule has 2 aromatic heterocycles. The summed E-state index contributed by atoms with van der Waals surface area (Å²) in [5, 5.41) is 9.16. The molecule has 1 atom stereocenters. The van der Waals surface area contributed by atoms with Gasteiger partial charge in [-0.2, -0.15) is 0 Å². The van der Waals surface area contributed by atoms with Crippen LogP contribution < -0.4 is 11.0 Å². The van der Waals surface area contributed by atoms with Crippen LogP contribution in [-0.2, 0) is 21.2 Å². The van der Waals surface area contributed by atoms with Crippen LogP contribution in [-0.4, -0.2) is 40.1 Å². The summed E-state index contributed by atoms with van der Waals surface area (Å²) >= 11 is 1.57. The fourth-order valence-corrected chi connectivity index (χ4v) is 4.63. The smallest absolute Gasteiger partial charge is 0.304 e. The summed E-state index contributed by atoms with van der Waals surface area (Å²) in [5.74, 6) is -0.919. The number of aromatic nitrogens is 2. The number of benzene rings is 1. The molecule has 0 fully saturated rings. The fourth-order valence-electron chi connectivity index (χ4n) is 3.02. The maximum Gasteiger partial charge on any atom is 0.304 e. The first-order chi connectivity index (χ1) is 13.6. The normalized spacial score (nSPS) is 13.9. The average molecular weight is 437 g/mol. The number of carbonyl (C=O) groups excluding carboxylic acids is 1. The largest absolute Gasteiger partial charge is 0.315 e. The van der Waals surface area contributed by atoms with Gasteiger partial charge in [0.2, 0.25) is 0 Å². The number of rotatable bonds is 6. The SMILES string of the molecule is Cc1cnc(-c2ccc3c(=O)n(CC[C@](C)(C(=O)N[OH2+])S(C)(=O)=O)ccc3c2)s1. The second-order valence-corrected chi connectivity index (χ2v) is 10.8. The number of hydroxylamine groups is 1. The molecule has 1 amide bonds. The third kappa shape index (κ3) is 3.96. The van der Waals surface area contributed by atoms with Gasteiger partial charge in [-0.15, -0.1) is 16.8 Å². The Morgan fingerprint density at radius 2 is 2.07 bits per heavy atom. The molecule has 3 N–H and O–H groups in total. The zero-order valence-corrected chi connectivity index (χ0v) is 17.9. The van der Waals surface area contributed by atoms with Gasteiger partial charge < -0.3 is 9.77 Å². The molecule has 29 heavy (non-hydrogen) atoms. The summed E-state index contributed by atoms with van der Waals surface area (Å²) in [5.41, 5.74) is 2.30. The minimum Gasteiger partial charge on any atom is -0.315 e. The van der Waals surface area contributed by atoms with Gasteiger partial charge in [0.15, 0.2) is 14.6 Å². The molecule has 8 nitrogen and oxygen atoms in total. The molecule has 1 aromatic carbocycles. The lowest BCUT2D eigenvalue weighted by Gasteiger charge is -2.24. The molecule has 154 valence electrons. The second kappa shape index (κ2) is 7.69. The third-order valence-corrected chi connectivity index (χ3v) is 8.08. The van der Waals surface area contributed by atoms with E-state index in [-0.39, 0.29) is 18.5 Å². The van der Waals surface area contributed by atoms with Crippen molar-refractivity contribution in [1.82, 2.24) is 15.0 Å². The van der Waals surface area contributed by atoms with Gasteiger partial charge in [-0.25, -0.2) is 13.4 Å². The maximum atomic E-state index is 12.8. The molecular formula is C19H22N3O5S2+. The summed E-state index contributed by atoms with van der Waals surface area (Å²) < 4.78 is 23.8. The molecule has 0 radical (unpaired) electrons. The van der Waals surface area contributed by atoms with E-state index in [1.54, 1.807) is 41.3 Å². The molecule has 2 heterocycles. The molecule has 10 heteroatoms. The molecular weight excluding hydrogens is 414 g/mol. The van der Waals surface area contributed by atoms with Gasteiger partial charge >= 0.3 is 5.91 Å². The van der Waals surface area contributed by atoms with E-state index >= 15 is 0 Å². The minimum atomic E-state index is -3.79. The molecule has 0 unspecified atom stereocenters. The van der Waals surface area contributed by atoms with Crippen LogP contribution in [0.15, 0.2) is 41.5 Å². The van der Waals surface area contributed by atoms with E-state index in [4.69, 9.17) is 5.21 Å². The number of fused-ring (bicyclic) bond motifs is 1. The Hall–Kier alpha value is -2.56. The molecule has 0 aliphatic rings. The predicted octanol–water partition coefficient (Wildman–Crippen LogP) is 1.38. The number of carbonyl (C=O) groups is 1. The number of hydrogen-bond donors (Lipinski definition) is 1. The van der Waals surface area contributed by atoms with Gasteiger partial charge in [0.05, 0.1) is 0 Å². The quantitative estimate of drug-likeness (QED) is 0.462. The summed E-state index contributed by atoms with van der Waals surface area (Å²) in [6, 6.07) is 7.24. The molecule has 0 bridgehead atoms. The van der Waals surface area contributed by atoms with E-state index < -0.39 is 20.5 Å². The van der Waals surface area contributed by atoms with Crippen LogP contribution in [0, 0.1) is 6.92 Å². The first-order valence-electron chi connectivity index (χ1n) is 8.79. The van der Waals surface area contributed by atoms with Gasteiger partial charge in [-0.3, -0.25) is 9.59 Å².